The highest BCUT2D eigenvalue weighted by atomic mass is 19.4. The van der Waals surface area contributed by atoms with Crippen molar-refractivity contribution in [3.8, 4) is 11.4 Å². The maximum Gasteiger partial charge on any atom is 0.573 e. The Morgan fingerprint density at radius 1 is 1.06 bits per heavy atom. The van der Waals surface area contributed by atoms with E-state index >= 15 is 0 Å². The zero-order valence-corrected chi connectivity index (χ0v) is 18.8. The number of piperidine rings is 1. The van der Waals surface area contributed by atoms with E-state index in [0.717, 1.165) is 57.6 Å². The fraction of sp³-hybridized carbons (Fsp3) is 0.583. The van der Waals surface area contributed by atoms with E-state index in [2.05, 4.69) is 9.64 Å². The van der Waals surface area contributed by atoms with Gasteiger partial charge in [0.2, 0.25) is 0 Å². The minimum atomic E-state index is -4.76. The van der Waals surface area contributed by atoms with Gasteiger partial charge in [-0.25, -0.2) is 4.68 Å². The van der Waals surface area contributed by atoms with Crippen molar-refractivity contribution >= 4 is 5.91 Å². The summed E-state index contributed by atoms with van der Waals surface area (Å²) in [6.07, 6.45) is 1.67. The van der Waals surface area contributed by atoms with Gasteiger partial charge in [0.1, 0.15) is 5.75 Å². The molecule has 1 aromatic carbocycles. The Balaban J connectivity index is 1.39. The van der Waals surface area contributed by atoms with Crippen molar-refractivity contribution < 1.29 is 22.7 Å². The van der Waals surface area contributed by atoms with E-state index in [9.17, 15) is 18.0 Å². The summed E-state index contributed by atoms with van der Waals surface area (Å²) >= 11 is 0. The molecule has 3 aliphatic rings. The first-order chi connectivity index (χ1) is 15.8. The van der Waals surface area contributed by atoms with Gasteiger partial charge in [-0.1, -0.05) is 6.07 Å². The topological polar surface area (TPSA) is 50.6 Å². The summed E-state index contributed by atoms with van der Waals surface area (Å²) in [5, 5.41) is 4.70. The zero-order chi connectivity index (χ0) is 23.2. The average Bonchev–Trinajstić information content (AvgIpc) is 3.35. The van der Waals surface area contributed by atoms with E-state index in [0.29, 0.717) is 23.0 Å². The number of rotatable bonds is 5. The number of likely N-dealkylation sites (tertiary alicyclic amines) is 2. The molecule has 2 aromatic rings. The van der Waals surface area contributed by atoms with Gasteiger partial charge >= 0.3 is 6.36 Å². The third-order valence-electron chi connectivity index (χ3n) is 7.03. The van der Waals surface area contributed by atoms with Crippen LogP contribution in [0, 0.1) is 6.92 Å². The number of alkyl halides is 3. The van der Waals surface area contributed by atoms with Gasteiger partial charge in [-0.05, 0) is 70.7 Å². The van der Waals surface area contributed by atoms with Crippen molar-refractivity contribution in [3.63, 3.8) is 0 Å². The van der Waals surface area contributed by atoms with Crippen molar-refractivity contribution in [1.29, 1.82) is 0 Å². The molecule has 6 nitrogen and oxygen atoms in total. The lowest BCUT2D eigenvalue weighted by Crippen LogP contribution is -2.46. The second-order valence-corrected chi connectivity index (χ2v) is 9.34. The normalized spacial score (nSPS) is 20.4. The largest absolute Gasteiger partial charge is 0.573 e. The highest BCUT2D eigenvalue weighted by Gasteiger charge is 2.37. The molecule has 0 bridgehead atoms. The highest BCUT2D eigenvalue weighted by molar-refractivity contribution is 5.97. The fourth-order valence-corrected chi connectivity index (χ4v) is 5.19. The predicted molar refractivity (Wildman–Crippen MR) is 117 cm³/mol. The van der Waals surface area contributed by atoms with Crippen LogP contribution < -0.4 is 4.74 Å². The zero-order valence-electron chi connectivity index (χ0n) is 18.8. The predicted octanol–water partition coefficient (Wildman–Crippen LogP) is 4.66. The first-order valence-corrected chi connectivity index (χ1v) is 11.8. The molecule has 0 atom stereocenters. The molecule has 1 saturated carbocycles. The van der Waals surface area contributed by atoms with Crippen molar-refractivity contribution in [2.75, 3.05) is 26.2 Å². The second kappa shape index (κ2) is 8.66. The molecule has 0 spiro atoms. The SMILES string of the molecule is Cc1c(C(=O)N2CCC(N3CCCC3)CC2)c(C2CC2)nn1-c1cccc(OC(F)(F)F)c1. The number of benzene rings is 1. The number of nitrogens with zero attached hydrogens (tertiary/aromatic N) is 4. The maximum atomic E-state index is 13.6. The summed E-state index contributed by atoms with van der Waals surface area (Å²) in [7, 11) is 0. The number of carbonyl (C=O) groups excluding carboxylic acids is 1. The van der Waals surface area contributed by atoms with Crippen LogP contribution in [0.5, 0.6) is 5.75 Å². The van der Waals surface area contributed by atoms with Crippen molar-refractivity contribution in [2.45, 2.75) is 63.8 Å². The third kappa shape index (κ3) is 4.74. The monoisotopic (exact) mass is 462 g/mol. The van der Waals surface area contributed by atoms with E-state index in [1.807, 2.05) is 11.8 Å². The summed E-state index contributed by atoms with van der Waals surface area (Å²) in [6, 6.07) is 6.29. The van der Waals surface area contributed by atoms with Gasteiger partial charge in [-0.2, -0.15) is 5.10 Å². The smallest absolute Gasteiger partial charge is 0.406 e. The van der Waals surface area contributed by atoms with Crippen LogP contribution in [0.3, 0.4) is 0 Å². The van der Waals surface area contributed by atoms with E-state index in [4.69, 9.17) is 5.10 Å². The van der Waals surface area contributed by atoms with Crippen LogP contribution >= 0.6 is 0 Å². The number of ether oxygens (including phenoxy) is 1. The second-order valence-electron chi connectivity index (χ2n) is 9.34. The van der Waals surface area contributed by atoms with Crippen LogP contribution in [-0.4, -0.2) is 64.1 Å². The van der Waals surface area contributed by atoms with E-state index < -0.39 is 6.36 Å². The maximum absolute atomic E-state index is 13.6. The van der Waals surface area contributed by atoms with Gasteiger partial charge in [-0.15, -0.1) is 13.2 Å². The summed E-state index contributed by atoms with van der Waals surface area (Å²) in [5.74, 6) is -0.0800. The summed E-state index contributed by atoms with van der Waals surface area (Å²) in [6.45, 7) is 5.59. The first kappa shape index (κ1) is 22.3. The molecular weight excluding hydrogens is 433 g/mol. The molecule has 1 amide bonds. The van der Waals surface area contributed by atoms with Crippen molar-refractivity contribution in [2.24, 2.45) is 0 Å². The number of halogens is 3. The third-order valence-corrected chi connectivity index (χ3v) is 7.03. The van der Waals surface area contributed by atoms with Gasteiger partial charge < -0.3 is 14.5 Å². The Morgan fingerprint density at radius 3 is 2.39 bits per heavy atom. The molecule has 3 heterocycles. The molecule has 2 saturated heterocycles. The Labute approximate surface area is 191 Å². The molecule has 5 rings (SSSR count). The van der Waals surface area contributed by atoms with E-state index in [-0.39, 0.29) is 17.6 Å². The number of hydrogen-bond acceptors (Lipinski definition) is 4. The average molecular weight is 463 g/mol. The van der Waals surface area contributed by atoms with E-state index in [1.165, 1.54) is 31.0 Å². The molecule has 0 N–H and O–H groups in total. The number of carbonyl (C=O) groups is 1. The van der Waals surface area contributed by atoms with Crippen LogP contribution in [0.4, 0.5) is 13.2 Å². The molecule has 1 aliphatic carbocycles. The molecule has 2 aliphatic heterocycles. The highest BCUT2D eigenvalue weighted by Crippen LogP contribution is 2.42. The summed E-state index contributed by atoms with van der Waals surface area (Å²) < 4.78 is 43.7. The summed E-state index contributed by atoms with van der Waals surface area (Å²) in [5.41, 5.74) is 2.48. The van der Waals surface area contributed by atoms with Gasteiger partial charge in [0, 0.05) is 31.1 Å². The molecule has 3 fully saturated rings. The van der Waals surface area contributed by atoms with Gasteiger partial charge in [0.15, 0.2) is 0 Å². The molecule has 9 heteroatoms. The van der Waals surface area contributed by atoms with Crippen LogP contribution in [0.15, 0.2) is 24.3 Å². The van der Waals surface area contributed by atoms with Gasteiger partial charge in [-0.3, -0.25) is 4.79 Å². The number of aromatic nitrogens is 2. The fourth-order valence-electron chi connectivity index (χ4n) is 5.19. The molecule has 33 heavy (non-hydrogen) atoms. The lowest BCUT2D eigenvalue weighted by Gasteiger charge is -2.36. The van der Waals surface area contributed by atoms with Crippen LogP contribution in [0.25, 0.3) is 5.69 Å². The molecule has 0 unspecified atom stereocenters. The van der Waals surface area contributed by atoms with Crippen LogP contribution in [-0.2, 0) is 0 Å². The number of amides is 1. The first-order valence-electron chi connectivity index (χ1n) is 11.8. The Bertz CT molecular complexity index is 1020. The summed E-state index contributed by atoms with van der Waals surface area (Å²) in [4.78, 5) is 18.1. The van der Waals surface area contributed by atoms with Gasteiger partial charge in [0.05, 0.1) is 22.6 Å². The minimum Gasteiger partial charge on any atom is -0.406 e. The lowest BCUT2D eigenvalue weighted by atomic mass is 10.0. The Hall–Kier alpha value is -2.55. The van der Waals surface area contributed by atoms with E-state index in [1.54, 1.807) is 10.7 Å². The molecule has 0 radical (unpaired) electrons. The number of hydrogen-bond donors (Lipinski definition) is 0. The quantitative estimate of drug-likeness (QED) is 0.649. The minimum absolute atomic E-state index is 0.0109. The molecule has 178 valence electrons. The Kier molecular flexibility index (Phi) is 5.84. The van der Waals surface area contributed by atoms with Gasteiger partial charge in [0.25, 0.3) is 5.91 Å². The van der Waals surface area contributed by atoms with Crippen molar-refractivity contribution in [1.82, 2.24) is 19.6 Å². The molecular formula is C24H29F3N4O2. The standard InChI is InChI=1S/C24H29F3N4O2/c1-16-21(23(32)30-13-9-18(10-14-30)29-11-2-3-12-29)22(17-7-8-17)28-31(16)19-5-4-6-20(15-19)33-24(25,26)27/h4-6,15,17-18H,2-3,7-14H2,1H3. The van der Waals surface area contributed by atoms with Crippen LogP contribution in [0.1, 0.15) is 66.2 Å². The lowest BCUT2D eigenvalue weighted by molar-refractivity contribution is -0.274. The van der Waals surface area contributed by atoms with Crippen LogP contribution in [0.2, 0.25) is 0 Å². The van der Waals surface area contributed by atoms with Crippen molar-refractivity contribution in [3.05, 3.63) is 41.2 Å². The Morgan fingerprint density at radius 2 is 1.76 bits per heavy atom. The molecule has 1 aromatic heterocycles.